The van der Waals surface area contributed by atoms with E-state index in [1.807, 2.05) is 0 Å². The van der Waals surface area contributed by atoms with Gasteiger partial charge in [-0.25, -0.2) is 0 Å². The van der Waals surface area contributed by atoms with Gasteiger partial charge >= 0.3 is 0 Å². The summed E-state index contributed by atoms with van der Waals surface area (Å²) in [6.45, 7) is 2.08. The molecule has 9 heavy (non-hydrogen) atoms. The van der Waals surface area contributed by atoms with Crippen LogP contribution < -0.4 is 5.73 Å². The maximum absolute atomic E-state index is 5.59. The van der Waals surface area contributed by atoms with Gasteiger partial charge in [-0.3, -0.25) is 0 Å². The van der Waals surface area contributed by atoms with Crippen LogP contribution >= 0.6 is 11.8 Å². The summed E-state index contributed by atoms with van der Waals surface area (Å²) in [4.78, 5) is 0. The molecule has 0 aromatic carbocycles. The highest BCUT2D eigenvalue weighted by Crippen LogP contribution is 2.34. The Morgan fingerprint density at radius 3 is 2.78 bits per heavy atom. The molecule has 0 aliphatic heterocycles. The molecule has 54 valence electrons. The smallest absolute Gasteiger partial charge is 0.00478 e. The minimum Gasteiger partial charge on any atom is -0.328 e. The van der Waals surface area contributed by atoms with Crippen molar-refractivity contribution in [3.63, 3.8) is 0 Å². The molecule has 0 heterocycles. The number of hydrogen-bond acceptors (Lipinski definition) is 2. The summed E-state index contributed by atoms with van der Waals surface area (Å²) >= 11 is 2.09. The summed E-state index contributed by atoms with van der Waals surface area (Å²) in [7, 11) is 0. The van der Waals surface area contributed by atoms with Crippen LogP contribution in [0.1, 0.15) is 26.2 Å². The van der Waals surface area contributed by atoms with Crippen molar-refractivity contribution in [2.75, 3.05) is 5.75 Å². The molecule has 0 amide bonds. The van der Waals surface area contributed by atoms with Gasteiger partial charge in [-0.05, 0) is 31.9 Å². The molecule has 2 N–H and O–H groups in total. The van der Waals surface area contributed by atoms with E-state index in [9.17, 15) is 0 Å². The largest absolute Gasteiger partial charge is 0.328 e. The zero-order valence-corrected chi connectivity index (χ0v) is 6.79. The average Bonchev–Trinajstić information content (AvgIpc) is 2.48. The Labute approximate surface area is 61.4 Å². The van der Waals surface area contributed by atoms with E-state index in [4.69, 9.17) is 5.73 Å². The highest BCUT2D eigenvalue weighted by atomic mass is 32.2. The van der Waals surface area contributed by atoms with Crippen molar-refractivity contribution in [3.05, 3.63) is 0 Å². The molecule has 0 spiro atoms. The van der Waals surface area contributed by atoms with Gasteiger partial charge in [0.1, 0.15) is 0 Å². The van der Waals surface area contributed by atoms with Crippen LogP contribution in [0.4, 0.5) is 0 Å². The monoisotopic (exact) mass is 145 g/mol. The Morgan fingerprint density at radius 2 is 2.33 bits per heavy atom. The highest BCUT2D eigenvalue weighted by Gasteiger charge is 2.20. The van der Waals surface area contributed by atoms with Gasteiger partial charge in [-0.2, -0.15) is 11.8 Å². The van der Waals surface area contributed by atoms with Crippen LogP contribution in [0.2, 0.25) is 0 Å². The van der Waals surface area contributed by atoms with Crippen LogP contribution in [0.5, 0.6) is 0 Å². The maximum atomic E-state index is 5.59. The second-order valence-electron chi connectivity index (χ2n) is 2.84. The lowest BCUT2D eigenvalue weighted by atomic mass is 10.3. The van der Waals surface area contributed by atoms with Crippen LogP contribution in [-0.2, 0) is 0 Å². The third-order valence-corrected chi connectivity index (χ3v) is 2.87. The second-order valence-corrected chi connectivity index (χ2v) is 4.24. The van der Waals surface area contributed by atoms with Gasteiger partial charge < -0.3 is 5.73 Å². The number of nitrogens with two attached hydrogens (primary N) is 1. The van der Waals surface area contributed by atoms with Gasteiger partial charge in [0.2, 0.25) is 0 Å². The SMILES string of the molecule is CC(N)CCSC1CC1. The van der Waals surface area contributed by atoms with Crippen molar-refractivity contribution in [3.8, 4) is 0 Å². The quantitative estimate of drug-likeness (QED) is 0.650. The van der Waals surface area contributed by atoms with Gasteiger partial charge in [0, 0.05) is 11.3 Å². The molecule has 1 aliphatic rings. The minimum atomic E-state index is 0.399. The zero-order valence-electron chi connectivity index (χ0n) is 5.97. The fourth-order valence-electron chi connectivity index (χ4n) is 0.655. The summed E-state index contributed by atoms with van der Waals surface area (Å²) in [5.74, 6) is 1.27. The van der Waals surface area contributed by atoms with E-state index < -0.39 is 0 Å². The molecule has 1 fully saturated rings. The highest BCUT2D eigenvalue weighted by molar-refractivity contribution is 8.00. The van der Waals surface area contributed by atoms with E-state index >= 15 is 0 Å². The van der Waals surface area contributed by atoms with Crippen LogP contribution in [0.25, 0.3) is 0 Å². The van der Waals surface area contributed by atoms with Gasteiger partial charge in [0.05, 0.1) is 0 Å². The van der Waals surface area contributed by atoms with Crippen molar-refractivity contribution < 1.29 is 0 Å². The van der Waals surface area contributed by atoms with Crippen molar-refractivity contribution in [2.24, 2.45) is 5.73 Å². The lowest BCUT2D eigenvalue weighted by molar-refractivity contribution is 0.721. The van der Waals surface area contributed by atoms with Crippen LogP contribution in [0.3, 0.4) is 0 Å². The van der Waals surface area contributed by atoms with Crippen molar-refractivity contribution in [1.82, 2.24) is 0 Å². The minimum absolute atomic E-state index is 0.399. The molecule has 2 heteroatoms. The molecular weight excluding hydrogens is 130 g/mol. The first kappa shape index (κ1) is 7.42. The first-order valence-corrected chi connectivity index (χ1v) is 4.71. The van der Waals surface area contributed by atoms with Gasteiger partial charge in [-0.15, -0.1) is 0 Å². The van der Waals surface area contributed by atoms with E-state index in [0.717, 1.165) is 5.25 Å². The number of rotatable bonds is 4. The average molecular weight is 145 g/mol. The number of thioether (sulfide) groups is 1. The third kappa shape index (κ3) is 3.82. The molecule has 1 aliphatic carbocycles. The van der Waals surface area contributed by atoms with Gasteiger partial charge in [0.15, 0.2) is 0 Å². The molecule has 0 aromatic rings. The fourth-order valence-corrected chi connectivity index (χ4v) is 1.97. The summed E-state index contributed by atoms with van der Waals surface area (Å²) in [5, 5.41) is 1.00. The zero-order chi connectivity index (χ0) is 6.69. The van der Waals surface area contributed by atoms with Crippen LogP contribution in [0.15, 0.2) is 0 Å². The molecular formula is C7H15NS. The molecule has 0 saturated heterocycles. The van der Waals surface area contributed by atoms with Crippen molar-refractivity contribution >= 4 is 11.8 Å². The Balaban J connectivity index is 1.81. The Kier molecular flexibility index (Phi) is 2.86. The Hall–Kier alpha value is 0.310. The first-order valence-electron chi connectivity index (χ1n) is 3.66. The number of hydrogen-bond donors (Lipinski definition) is 1. The Morgan fingerprint density at radius 1 is 1.67 bits per heavy atom. The molecule has 1 saturated carbocycles. The fraction of sp³-hybridized carbons (Fsp3) is 1.00. The molecule has 0 aromatic heterocycles. The van der Waals surface area contributed by atoms with E-state index in [0.29, 0.717) is 6.04 Å². The standard InChI is InChI=1S/C7H15NS/c1-6(8)4-5-9-7-2-3-7/h6-7H,2-5,8H2,1H3. The third-order valence-electron chi connectivity index (χ3n) is 1.45. The predicted molar refractivity (Wildman–Crippen MR) is 43.7 cm³/mol. The van der Waals surface area contributed by atoms with E-state index in [2.05, 4.69) is 18.7 Å². The van der Waals surface area contributed by atoms with Crippen LogP contribution in [0, 0.1) is 0 Å². The maximum Gasteiger partial charge on any atom is 0.00478 e. The Bertz CT molecular complexity index is 77.0. The molecule has 1 nitrogen and oxygen atoms in total. The molecule has 1 unspecified atom stereocenters. The lowest BCUT2D eigenvalue weighted by Crippen LogP contribution is -2.15. The van der Waals surface area contributed by atoms with Crippen molar-refractivity contribution in [2.45, 2.75) is 37.5 Å². The van der Waals surface area contributed by atoms with E-state index in [1.54, 1.807) is 0 Å². The molecule has 1 atom stereocenters. The first-order chi connectivity index (χ1) is 4.29. The summed E-state index contributed by atoms with van der Waals surface area (Å²) < 4.78 is 0. The molecule has 0 bridgehead atoms. The second kappa shape index (κ2) is 3.47. The molecule has 1 rings (SSSR count). The molecule has 0 radical (unpaired) electrons. The summed E-state index contributed by atoms with van der Waals surface area (Å²) in [5.41, 5.74) is 5.59. The van der Waals surface area contributed by atoms with Crippen molar-refractivity contribution in [1.29, 1.82) is 0 Å². The van der Waals surface area contributed by atoms with Gasteiger partial charge in [-0.1, -0.05) is 0 Å². The lowest BCUT2D eigenvalue weighted by Gasteiger charge is -2.02. The normalized spacial score (nSPS) is 22.0. The van der Waals surface area contributed by atoms with Crippen LogP contribution in [-0.4, -0.2) is 17.0 Å². The van der Waals surface area contributed by atoms with E-state index in [1.165, 1.54) is 25.0 Å². The van der Waals surface area contributed by atoms with E-state index in [-0.39, 0.29) is 0 Å². The predicted octanol–water partition coefficient (Wildman–Crippen LogP) is 1.62. The summed E-state index contributed by atoms with van der Waals surface area (Å²) in [6, 6.07) is 0.399. The topological polar surface area (TPSA) is 26.0 Å². The summed E-state index contributed by atoms with van der Waals surface area (Å²) in [6.07, 6.45) is 4.08. The van der Waals surface area contributed by atoms with Gasteiger partial charge in [0.25, 0.3) is 0 Å².